The minimum absolute atomic E-state index is 0.661. The van der Waals surface area contributed by atoms with Crippen LogP contribution in [0.4, 0.5) is 0 Å². The van der Waals surface area contributed by atoms with Crippen molar-refractivity contribution in [2.75, 3.05) is 6.54 Å². The van der Waals surface area contributed by atoms with Crippen LogP contribution in [0, 0.1) is 25.7 Å². The molecule has 0 aromatic heterocycles. The Hall–Kier alpha value is -0.470. The summed E-state index contributed by atoms with van der Waals surface area (Å²) < 4.78 is 0. The fourth-order valence-corrected chi connectivity index (χ4v) is 5.05. The molecule has 0 heterocycles. The van der Waals surface area contributed by atoms with E-state index in [4.69, 9.17) is 0 Å². The smallest absolute Gasteiger partial charge is 0.0274 e. The van der Waals surface area contributed by atoms with Gasteiger partial charge < -0.3 is 5.32 Å². The molecule has 21 heavy (non-hydrogen) atoms. The van der Waals surface area contributed by atoms with Crippen molar-refractivity contribution in [2.24, 2.45) is 11.8 Å². The van der Waals surface area contributed by atoms with Crippen LogP contribution in [0.25, 0.3) is 0 Å². The predicted octanol–water partition coefficient (Wildman–Crippen LogP) is 5.20. The molecular weight excluding hydrogens is 274 g/mol. The highest BCUT2D eigenvalue weighted by Gasteiger charge is 2.34. The van der Waals surface area contributed by atoms with Crippen LogP contribution in [0.1, 0.15) is 51.2 Å². The zero-order chi connectivity index (χ0) is 15.4. The number of aryl methyl sites for hydroxylation is 2. The SMILES string of the molecule is CCCNC1CC(C)CC(C)C1Sc1cc(C)ccc1C. The molecule has 1 aromatic rings. The number of hydrogen-bond donors (Lipinski definition) is 1. The monoisotopic (exact) mass is 305 g/mol. The Balaban J connectivity index is 2.14. The van der Waals surface area contributed by atoms with Gasteiger partial charge in [-0.3, -0.25) is 0 Å². The summed E-state index contributed by atoms with van der Waals surface area (Å²) in [5, 5.41) is 4.52. The van der Waals surface area contributed by atoms with Gasteiger partial charge in [-0.25, -0.2) is 0 Å². The number of thioether (sulfide) groups is 1. The van der Waals surface area contributed by atoms with Crippen molar-refractivity contribution < 1.29 is 0 Å². The lowest BCUT2D eigenvalue weighted by Gasteiger charge is -2.40. The molecular formula is C19H31NS. The number of rotatable bonds is 5. The normalized spacial score (nSPS) is 29.6. The van der Waals surface area contributed by atoms with Gasteiger partial charge in [-0.2, -0.15) is 0 Å². The standard InChI is InChI=1S/C19H31NS/c1-6-9-20-17-11-14(3)10-16(5)19(17)21-18-12-13(2)7-8-15(18)4/h7-8,12,14,16-17,19-20H,6,9-11H2,1-5H3. The van der Waals surface area contributed by atoms with E-state index in [0.29, 0.717) is 11.3 Å². The van der Waals surface area contributed by atoms with Crippen molar-refractivity contribution in [2.45, 2.75) is 70.1 Å². The third kappa shape index (κ3) is 4.50. The van der Waals surface area contributed by atoms with Gasteiger partial charge in [-0.15, -0.1) is 11.8 Å². The van der Waals surface area contributed by atoms with Crippen LogP contribution >= 0.6 is 11.8 Å². The van der Waals surface area contributed by atoms with Crippen LogP contribution in [0.3, 0.4) is 0 Å². The molecule has 1 N–H and O–H groups in total. The summed E-state index contributed by atoms with van der Waals surface area (Å²) in [6.07, 6.45) is 3.92. The number of nitrogens with one attached hydrogen (secondary N) is 1. The van der Waals surface area contributed by atoms with Crippen LogP contribution in [0.15, 0.2) is 23.1 Å². The Labute approximate surface area is 135 Å². The Morgan fingerprint density at radius 3 is 2.67 bits per heavy atom. The summed E-state index contributed by atoms with van der Waals surface area (Å²) in [7, 11) is 0. The zero-order valence-corrected chi connectivity index (χ0v) is 15.1. The molecule has 0 aliphatic heterocycles. The zero-order valence-electron chi connectivity index (χ0n) is 14.3. The van der Waals surface area contributed by atoms with Crippen LogP contribution in [-0.2, 0) is 0 Å². The molecule has 0 amide bonds. The summed E-state index contributed by atoms with van der Waals surface area (Å²) in [5.41, 5.74) is 2.80. The summed E-state index contributed by atoms with van der Waals surface area (Å²) in [4.78, 5) is 1.48. The number of hydrogen-bond acceptors (Lipinski definition) is 2. The first-order valence-electron chi connectivity index (χ1n) is 8.48. The van der Waals surface area contributed by atoms with Gasteiger partial charge in [0.25, 0.3) is 0 Å². The molecule has 0 bridgehead atoms. The van der Waals surface area contributed by atoms with E-state index in [9.17, 15) is 0 Å². The van der Waals surface area contributed by atoms with Crippen molar-refractivity contribution in [3.05, 3.63) is 29.3 Å². The van der Waals surface area contributed by atoms with Gasteiger partial charge in [0.15, 0.2) is 0 Å². The molecule has 4 unspecified atom stereocenters. The second-order valence-corrected chi connectivity index (χ2v) is 8.19. The van der Waals surface area contributed by atoms with Gasteiger partial charge in [0.1, 0.15) is 0 Å². The van der Waals surface area contributed by atoms with E-state index < -0.39 is 0 Å². The van der Waals surface area contributed by atoms with Crippen molar-refractivity contribution >= 4 is 11.8 Å². The fraction of sp³-hybridized carbons (Fsp3) is 0.684. The van der Waals surface area contributed by atoms with Gasteiger partial charge in [0.2, 0.25) is 0 Å². The molecule has 1 aliphatic carbocycles. The average Bonchev–Trinajstić information content (AvgIpc) is 2.43. The van der Waals surface area contributed by atoms with E-state index in [1.807, 2.05) is 0 Å². The lowest BCUT2D eigenvalue weighted by atomic mass is 9.80. The molecule has 0 radical (unpaired) electrons. The Kier molecular flexibility index (Phi) is 6.19. The summed E-state index contributed by atoms with van der Waals surface area (Å²) >= 11 is 2.11. The lowest BCUT2D eigenvalue weighted by molar-refractivity contribution is 0.249. The third-order valence-electron chi connectivity index (χ3n) is 4.65. The van der Waals surface area contributed by atoms with Crippen molar-refractivity contribution in [3.63, 3.8) is 0 Å². The maximum absolute atomic E-state index is 3.82. The molecule has 1 aliphatic rings. The van der Waals surface area contributed by atoms with E-state index in [-0.39, 0.29) is 0 Å². The van der Waals surface area contributed by atoms with Gasteiger partial charge in [-0.1, -0.05) is 38.5 Å². The summed E-state index contributed by atoms with van der Waals surface area (Å²) in [6, 6.07) is 7.51. The van der Waals surface area contributed by atoms with E-state index in [2.05, 4.69) is 69.9 Å². The summed E-state index contributed by atoms with van der Waals surface area (Å²) in [5.74, 6) is 1.64. The quantitative estimate of drug-likeness (QED) is 0.802. The minimum atomic E-state index is 0.661. The Morgan fingerprint density at radius 1 is 1.19 bits per heavy atom. The highest BCUT2D eigenvalue weighted by Crippen LogP contribution is 2.40. The van der Waals surface area contributed by atoms with Gasteiger partial charge in [-0.05, 0) is 63.1 Å². The first kappa shape index (κ1) is 16.9. The van der Waals surface area contributed by atoms with Gasteiger partial charge >= 0.3 is 0 Å². The molecule has 4 atom stereocenters. The Bertz CT molecular complexity index is 457. The summed E-state index contributed by atoms with van der Waals surface area (Å²) in [6.45, 7) is 12.7. The number of benzene rings is 1. The lowest BCUT2D eigenvalue weighted by Crippen LogP contribution is -2.46. The molecule has 1 aromatic carbocycles. The van der Waals surface area contributed by atoms with E-state index in [1.165, 1.54) is 35.3 Å². The van der Waals surface area contributed by atoms with Crippen molar-refractivity contribution in [3.8, 4) is 0 Å². The van der Waals surface area contributed by atoms with Gasteiger partial charge in [0, 0.05) is 16.2 Å². The maximum atomic E-state index is 3.82. The van der Waals surface area contributed by atoms with E-state index in [1.54, 1.807) is 0 Å². The molecule has 118 valence electrons. The van der Waals surface area contributed by atoms with E-state index >= 15 is 0 Å². The molecule has 0 spiro atoms. The van der Waals surface area contributed by atoms with Crippen LogP contribution in [0.2, 0.25) is 0 Å². The van der Waals surface area contributed by atoms with Crippen LogP contribution < -0.4 is 5.32 Å². The maximum Gasteiger partial charge on any atom is 0.0274 e. The highest BCUT2D eigenvalue weighted by molar-refractivity contribution is 8.00. The Morgan fingerprint density at radius 2 is 1.95 bits per heavy atom. The van der Waals surface area contributed by atoms with E-state index in [0.717, 1.165) is 18.4 Å². The first-order valence-corrected chi connectivity index (χ1v) is 9.36. The molecule has 2 heteroatoms. The van der Waals surface area contributed by atoms with Gasteiger partial charge in [0.05, 0.1) is 0 Å². The largest absolute Gasteiger partial charge is 0.313 e. The molecule has 1 saturated carbocycles. The third-order valence-corrected chi connectivity index (χ3v) is 6.41. The van der Waals surface area contributed by atoms with Crippen molar-refractivity contribution in [1.82, 2.24) is 5.32 Å². The fourth-order valence-electron chi connectivity index (χ4n) is 3.54. The average molecular weight is 306 g/mol. The van der Waals surface area contributed by atoms with Crippen LogP contribution in [-0.4, -0.2) is 17.8 Å². The predicted molar refractivity (Wildman–Crippen MR) is 95.2 cm³/mol. The second kappa shape index (κ2) is 7.69. The second-order valence-electron chi connectivity index (χ2n) is 6.97. The topological polar surface area (TPSA) is 12.0 Å². The van der Waals surface area contributed by atoms with Crippen LogP contribution in [0.5, 0.6) is 0 Å². The molecule has 2 rings (SSSR count). The van der Waals surface area contributed by atoms with Crippen molar-refractivity contribution in [1.29, 1.82) is 0 Å². The minimum Gasteiger partial charge on any atom is -0.313 e. The molecule has 0 saturated heterocycles. The first-order chi connectivity index (χ1) is 10.0. The molecule has 1 nitrogen and oxygen atoms in total. The highest BCUT2D eigenvalue weighted by atomic mass is 32.2. The molecule has 1 fully saturated rings.